The van der Waals surface area contributed by atoms with E-state index in [0.29, 0.717) is 6.54 Å². The minimum atomic E-state index is 0.685. The molecule has 0 atom stereocenters. The number of imidazole rings is 1. The van der Waals surface area contributed by atoms with Crippen molar-refractivity contribution in [1.82, 2.24) is 25.1 Å². The lowest BCUT2D eigenvalue weighted by Crippen LogP contribution is -2.38. The lowest BCUT2D eigenvalue weighted by Gasteiger charge is -2.26. The molecule has 0 bridgehead atoms. The molecule has 2 heterocycles. The van der Waals surface area contributed by atoms with E-state index in [1.54, 1.807) is 6.20 Å². The van der Waals surface area contributed by atoms with Gasteiger partial charge in [0.2, 0.25) is 0 Å². The summed E-state index contributed by atoms with van der Waals surface area (Å²) in [5.74, 6) is 0.856. The van der Waals surface area contributed by atoms with Crippen LogP contribution in [0.2, 0.25) is 0 Å². The van der Waals surface area contributed by atoms with E-state index in [2.05, 4.69) is 56.3 Å². The monoisotopic (exact) mass is 368 g/mol. The van der Waals surface area contributed by atoms with Crippen molar-refractivity contribution in [2.75, 3.05) is 26.2 Å². The Bertz CT molecular complexity index is 671. The van der Waals surface area contributed by atoms with Crippen molar-refractivity contribution in [1.29, 1.82) is 0 Å². The number of aromatic nitrogens is 2. The molecule has 0 radical (unpaired) electrons. The van der Waals surface area contributed by atoms with E-state index >= 15 is 0 Å². The molecule has 1 aliphatic heterocycles. The molecule has 1 aromatic carbocycles. The van der Waals surface area contributed by atoms with Gasteiger partial charge in [0.15, 0.2) is 5.96 Å². The van der Waals surface area contributed by atoms with Crippen molar-refractivity contribution in [3.05, 3.63) is 54.1 Å². The van der Waals surface area contributed by atoms with Crippen molar-refractivity contribution in [3.63, 3.8) is 0 Å². The van der Waals surface area contributed by atoms with E-state index in [1.807, 2.05) is 12.5 Å². The molecular weight excluding hydrogens is 336 g/mol. The van der Waals surface area contributed by atoms with Crippen molar-refractivity contribution in [3.8, 4) is 0 Å². The van der Waals surface area contributed by atoms with Gasteiger partial charge in [-0.2, -0.15) is 0 Å². The SMILES string of the molecule is CCNC(=NCc1ccc(CN2CCCCC2)cc1)NCCn1ccnc1. The van der Waals surface area contributed by atoms with Crippen molar-refractivity contribution in [2.45, 2.75) is 45.8 Å². The van der Waals surface area contributed by atoms with Crippen molar-refractivity contribution >= 4 is 5.96 Å². The summed E-state index contributed by atoms with van der Waals surface area (Å²) in [5.41, 5.74) is 2.64. The van der Waals surface area contributed by atoms with Gasteiger partial charge < -0.3 is 15.2 Å². The molecule has 3 rings (SSSR count). The zero-order valence-corrected chi connectivity index (χ0v) is 16.4. The van der Waals surface area contributed by atoms with Gasteiger partial charge in [-0.1, -0.05) is 30.7 Å². The Kier molecular flexibility index (Phi) is 7.71. The van der Waals surface area contributed by atoms with Crippen LogP contribution >= 0.6 is 0 Å². The number of rotatable bonds is 8. The molecule has 0 spiro atoms. The van der Waals surface area contributed by atoms with Crippen LogP contribution in [-0.2, 0) is 19.6 Å². The van der Waals surface area contributed by atoms with Gasteiger partial charge in [-0.05, 0) is 44.0 Å². The maximum Gasteiger partial charge on any atom is 0.191 e. The molecule has 6 heteroatoms. The molecule has 0 amide bonds. The van der Waals surface area contributed by atoms with Crippen LogP contribution in [0.15, 0.2) is 48.0 Å². The average Bonchev–Trinajstić information content (AvgIpc) is 3.21. The number of hydrogen-bond acceptors (Lipinski definition) is 3. The van der Waals surface area contributed by atoms with E-state index in [0.717, 1.165) is 32.1 Å². The van der Waals surface area contributed by atoms with Gasteiger partial charge in [-0.15, -0.1) is 0 Å². The fourth-order valence-corrected chi connectivity index (χ4v) is 3.36. The minimum Gasteiger partial charge on any atom is -0.357 e. The topological polar surface area (TPSA) is 57.5 Å². The van der Waals surface area contributed by atoms with Crippen LogP contribution < -0.4 is 10.6 Å². The van der Waals surface area contributed by atoms with E-state index in [-0.39, 0.29) is 0 Å². The first-order valence-corrected chi connectivity index (χ1v) is 10.1. The highest BCUT2D eigenvalue weighted by Gasteiger charge is 2.10. The van der Waals surface area contributed by atoms with E-state index in [1.165, 1.54) is 43.5 Å². The average molecular weight is 369 g/mol. The largest absolute Gasteiger partial charge is 0.357 e. The molecule has 6 nitrogen and oxygen atoms in total. The summed E-state index contributed by atoms with van der Waals surface area (Å²) in [7, 11) is 0. The van der Waals surface area contributed by atoms with Crippen LogP contribution in [0.5, 0.6) is 0 Å². The summed E-state index contributed by atoms with van der Waals surface area (Å²) < 4.78 is 2.05. The molecule has 0 unspecified atom stereocenters. The Labute approximate surface area is 162 Å². The molecular formula is C21H32N6. The fraction of sp³-hybridized carbons (Fsp3) is 0.524. The fourth-order valence-electron chi connectivity index (χ4n) is 3.36. The number of nitrogens with one attached hydrogen (secondary N) is 2. The Morgan fingerprint density at radius 1 is 1.07 bits per heavy atom. The van der Waals surface area contributed by atoms with Crippen molar-refractivity contribution in [2.24, 2.45) is 4.99 Å². The first-order chi connectivity index (χ1) is 13.3. The van der Waals surface area contributed by atoms with Gasteiger partial charge in [0.1, 0.15) is 0 Å². The highest BCUT2D eigenvalue weighted by Crippen LogP contribution is 2.14. The third kappa shape index (κ3) is 6.71. The zero-order valence-electron chi connectivity index (χ0n) is 16.4. The van der Waals surface area contributed by atoms with E-state index in [4.69, 9.17) is 4.99 Å². The molecule has 1 fully saturated rings. The highest BCUT2D eigenvalue weighted by molar-refractivity contribution is 5.79. The first kappa shape index (κ1) is 19.4. The molecule has 1 saturated heterocycles. The Morgan fingerprint density at radius 3 is 2.56 bits per heavy atom. The number of likely N-dealkylation sites (tertiary alicyclic amines) is 1. The predicted octanol–water partition coefficient (Wildman–Crippen LogP) is 2.62. The second-order valence-corrected chi connectivity index (χ2v) is 7.08. The van der Waals surface area contributed by atoms with Gasteiger partial charge >= 0.3 is 0 Å². The number of benzene rings is 1. The standard InChI is InChI=1S/C21H32N6/c1-2-23-21(24-11-15-27-14-10-22-18-27)25-16-19-6-8-20(9-7-19)17-26-12-4-3-5-13-26/h6-10,14,18H,2-5,11-13,15-17H2,1H3,(H2,23,24,25). The van der Waals surface area contributed by atoms with Crippen molar-refractivity contribution < 1.29 is 0 Å². The van der Waals surface area contributed by atoms with Crippen LogP contribution in [0.3, 0.4) is 0 Å². The number of hydrogen-bond donors (Lipinski definition) is 2. The van der Waals surface area contributed by atoms with Gasteiger partial charge in [-0.25, -0.2) is 9.98 Å². The van der Waals surface area contributed by atoms with Crippen LogP contribution in [0.1, 0.15) is 37.3 Å². The molecule has 0 aliphatic carbocycles. The first-order valence-electron chi connectivity index (χ1n) is 10.1. The molecule has 1 aliphatic rings. The number of guanidine groups is 1. The smallest absolute Gasteiger partial charge is 0.191 e. The predicted molar refractivity (Wildman–Crippen MR) is 111 cm³/mol. The molecule has 1 aromatic heterocycles. The lowest BCUT2D eigenvalue weighted by molar-refractivity contribution is 0.221. The normalized spacial score (nSPS) is 15.7. The molecule has 2 N–H and O–H groups in total. The Morgan fingerprint density at radius 2 is 1.85 bits per heavy atom. The second-order valence-electron chi connectivity index (χ2n) is 7.08. The summed E-state index contributed by atoms with van der Waals surface area (Å²) in [6.07, 6.45) is 9.67. The Hall–Kier alpha value is -2.34. The number of piperidine rings is 1. The van der Waals surface area contributed by atoms with E-state index < -0.39 is 0 Å². The van der Waals surface area contributed by atoms with Crippen LogP contribution in [0.4, 0.5) is 0 Å². The highest BCUT2D eigenvalue weighted by atomic mass is 15.2. The van der Waals surface area contributed by atoms with E-state index in [9.17, 15) is 0 Å². The van der Waals surface area contributed by atoms with Gasteiger partial charge in [0.05, 0.1) is 12.9 Å². The van der Waals surface area contributed by atoms with Crippen LogP contribution in [-0.4, -0.2) is 46.6 Å². The summed E-state index contributed by atoms with van der Waals surface area (Å²) in [4.78, 5) is 11.3. The Balaban J connectivity index is 1.47. The third-order valence-electron chi connectivity index (χ3n) is 4.86. The zero-order chi connectivity index (χ0) is 18.7. The van der Waals surface area contributed by atoms with Crippen LogP contribution in [0.25, 0.3) is 0 Å². The third-order valence-corrected chi connectivity index (χ3v) is 4.86. The summed E-state index contributed by atoms with van der Waals surface area (Å²) in [5, 5.41) is 6.68. The molecule has 27 heavy (non-hydrogen) atoms. The minimum absolute atomic E-state index is 0.685. The quantitative estimate of drug-likeness (QED) is 0.556. The maximum absolute atomic E-state index is 4.71. The second kappa shape index (κ2) is 10.7. The van der Waals surface area contributed by atoms with Gasteiger partial charge in [0.25, 0.3) is 0 Å². The number of aliphatic imine (C=N–C) groups is 1. The summed E-state index contributed by atoms with van der Waals surface area (Å²) in [6, 6.07) is 8.91. The molecule has 2 aromatic rings. The van der Waals surface area contributed by atoms with Gasteiger partial charge in [0, 0.05) is 38.6 Å². The lowest BCUT2D eigenvalue weighted by atomic mass is 10.1. The molecule has 146 valence electrons. The molecule has 0 saturated carbocycles. The summed E-state index contributed by atoms with van der Waals surface area (Å²) >= 11 is 0. The maximum atomic E-state index is 4.71. The number of nitrogens with zero attached hydrogens (tertiary/aromatic N) is 4. The van der Waals surface area contributed by atoms with Crippen LogP contribution in [0, 0.1) is 0 Å². The van der Waals surface area contributed by atoms with Gasteiger partial charge in [-0.3, -0.25) is 4.90 Å². The summed E-state index contributed by atoms with van der Waals surface area (Å²) in [6.45, 7) is 8.86.